The van der Waals surface area contributed by atoms with E-state index in [0.717, 1.165) is 25.9 Å². The van der Waals surface area contributed by atoms with Crippen LogP contribution in [0.25, 0.3) is 6.08 Å². The van der Waals surface area contributed by atoms with Crippen LogP contribution in [0.1, 0.15) is 39.1 Å². The number of hydrogen-bond donors (Lipinski definition) is 0. The second-order valence-corrected chi connectivity index (χ2v) is 7.05. The van der Waals surface area contributed by atoms with Crippen molar-refractivity contribution in [3.63, 3.8) is 0 Å². The molecular weight excluding hydrogens is 370 g/mol. The Kier molecular flexibility index (Phi) is 5.16. The van der Waals surface area contributed by atoms with Crippen molar-refractivity contribution in [1.82, 2.24) is 4.90 Å². The summed E-state index contributed by atoms with van der Waals surface area (Å²) >= 11 is 0. The Morgan fingerprint density at radius 3 is 2.28 bits per heavy atom. The molecule has 6 heteroatoms. The van der Waals surface area contributed by atoms with Crippen molar-refractivity contribution in [1.29, 1.82) is 0 Å². The zero-order valence-corrected chi connectivity index (χ0v) is 16.1. The fraction of sp³-hybridized carbons (Fsp3) is 0.261. The summed E-state index contributed by atoms with van der Waals surface area (Å²) in [6, 6.07) is 11.9. The smallest absolute Gasteiger partial charge is 0.260 e. The van der Waals surface area contributed by atoms with Crippen molar-refractivity contribution in [2.75, 3.05) is 26.8 Å². The van der Waals surface area contributed by atoms with Gasteiger partial charge in [0.1, 0.15) is 0 Å². The fourth-order valence-electron chi connectivity index (χ4n) is 3.66. The van der Waals surface area contributed by atoms with Gasteiger partial charge in [-0.1, -0.05) is 30.3 Å². The molecule has 2 aromatic rings. The highest BCUT2D eigenvalue weighted by molar-refractivity contribution is 6.41. The maximum Gasteiger partial charge on any atom is 0.260 e. The zero-order chi connectivity index (χ0) is 20.4. The first kappa shape index (κ1) is 18.9. The number of amides is 1. The fourth-order valence-corrected chi connectivity index (χ4v) is 3.66. The SMILES string of the molecule is COc1cc(C=C2C(=O)c3ccccc3C2=O)ccc1OCC(=O)N1CCCC1. The van der Waals surface area contributed by atoms with Gasteiger partial charge in [-0.05, 0) is 36.6 Å². The van der Waals surface area contributed by atoms with Gasteiger partial charge in [0.2, 0.25) is 0 Å². The van der Waals surface area contributed by atoms with Gasteiger partial charge < -0.3 is 14.4 Å². The van der Waals surface area contributed by atoms with Crippen molar-refractivity contribution in [3.05, 3.63) is 64.7 Å². The van der Waals surface area contributed by atoms with Gasteiger partial charge in [-0.25, -0.2) is 0 Å². The number of ketones is 2. The van der Waals surface area contributed by atoms with E-state index in [1.54, 1.807) is 53.4 Å². The molecule has 0 unspecified atom stereocenters. The maximum atomic E-state index is 12.5. The molecule has 0 atom stereocenters. The van der Waals surface area contributed by atoms with Crippen molar-refractivity contribution < 1.29 is 23.9 Å². The van der Waals surface area contributed by atoms with E-state index in [1.807, 2.05) is 0 Å². The molecule has 1 aliphatic carbocycles. The van der Waals surface area contributed by atoms with Gasteiger partial charge in [-0.15, -0.1) is 0 Å². The van der Waals surface area contributed by atoms with E-state index in [-0.39, 0.29) is 29.7 Å². The van der Waals surface area contributed by atoms with Gasteiger partial charge in [0.25, 0.3) is 5.91 Å². The minimum Gasteiger partial charge on any atom is -0.493 e. The lowest BCUT2D eigenvalue weighted by molar-refractivity contribution is -0.132. The third-order valence-corrected chi connectivity index (χ3v) is 5.21. The molecule has 0 N–H and O–H groups in total. The average molecular weight is 391 g/mol. The molecule has 1 fully saturated rings. The van der Waals surface area contributed by atoms with Crippen LogP contribution in [-0.2, 0) is 4.79 Å². The summed E-state index contributed by atoms with van der Waals surface area (Å²) in [5.41, 5.74) is 1.63. The average Bonchev–Trinajstić information content (AvgIpc) is 3.37. The Hall–Kier alpha value is -3.41. The van der Waals surface area contributed by atoms with Gasteiger partial charge in [0, 0.05) is 24.2 Å². The van der Waals surface area contributed by atoms with E-state index in [9.17, 15) is 14.4 Å². The quantitative estimate of drug-likeness (QED) is 0.578. The lowest BCUT2D eigenvalue weighted by atomic mass is 10.1. The molecule has 0 spiro atoms. The van der Waals surface area contributed by atoms with Crippen LogP contribution in [0.5, 0.6) is 11.5 Å². The molecule has 29 heavy (non-hydrogen) atoms. The number of rotatable bonds is 5. The minimum absolute atomic E-state index is 0.0457. The van der Waals surface area contributed by atoms with Gasteiger partial charge in [0.15, 0.2) is 29.7 Å². The summed E-state index contributed by atoms with van der Waals surface area (Å²) in [5, 5.41) is 0. The summed E-state index contributed by atoms with van der Waals surface area (Å²) in [5.74, 6) is 0.274. The summed E-state index contributed by atoms with van der Waals surface area (Å²) in [6.07, 6.45) is 3.62. The maximum absolute atomic E-state index is 12.5. The third-order valence-electron chi connectivity index (χ3n) is 5.21. The van der Waals surface area contributed by atoms with Gasteiger partial charge in [-0.3, -0.25) is 14.4 Å². The molecule has 1 amide bonds. The molecule has 1 aliphatic heterocycles. The number of likely N-dealkylation sites (tertiary alicyclic amines) is 1. The highest BCUT2D eigenvalue weighted by atomic mass is 16.5. The first-order valence-electron chi connectivity index (χ1n) is 9.57. The zero-order valence-electron chi connectivity index (χ0n) is 16.1. The van der Waals surface area contributed by atoms with Crippen molar-refractivity contribution in [2.24, 2.45) is 0 Å². The van der Waals surface area contributed by atoms with Crippen LogP contribution in [0.15, 0.2) is 48.0 Å². The largest absolute Gasteiger partial charge is 0.493 e. The Labute approximate surface area is 168 Å². The van der Waals surface area contributed by atoms with Gasteiger partial charge in [-0.2, -0.15) is 0 Å². The Morgan fingerprint density at radius 2 is 1.66 bits per heavy atom. The normalized spacial score (nSPS) is 15.5. The molecular formula is C23H21NO5. The second-order valence-electron chi connectivity index (χ2n) is 7.05. The number of methoxy groups -OCH3 is 1. The number of allylic oxidation sites excluding steroid dienone is 1. The molecule has 1 saturated heterocycles. The predicted octanol–water partition coefficient (Wildman–Crippen LogP) is 3.16. The summed E-state index contributed by atoms with van der Waals surface area (Å²) in [7, 11) is 1.50. The van der Waals surface area contributed by atoms with Crippen LogP contribution >= 0.6 is 0 Å². The standard InChI is InChI=1S/C23H21NO5/c1-28-20-13-15(8-9-19(20)29-14-21(25)24-10-4-5-11-24)12-18-22(26)16-6-2-3-7-17(16)23(18)27/h2-3,6-9,12-13H,4-5,10-11,14H2,1H3. The molecule has 0 aromatic heterocycles. The van der Waals surface area contributed by atoms with Crippen LogP contribution in [0.4, 0.5) is 0 Å². The molecule has 148 valence electrons. The lowest BCUT2D eigenvalue weighted by Crippen LogP contribution is -2.32. The second kappa shape index (κ2) is 7.91. The van der Waals surface area contributed by atoms with Gasteiger partial charge >= 0.3 is 0 Å². The topological polar surface area (TPSA) is 72.9 Å². The third kappa shape index (κ3) is 3.66. The number of hydrogen-bond acceptors (Lipinski definition) is 5. The van der Waals surface area contributed by atoms with Crippen LogP contribution in [0.3, 0.4) is 0 Å². The number of carbonyl (C=O) groups is 3. The number of fused-ring (bicyclic) bond motifs is 1. The molecule has 0 radical (unpaired) electrons. The van der Waals surface area contributed by atoms with Crippen molar-refractivity contribution >= 4 is 23.5 Å². The van der Waals surface area contributed by atoms with E-state index >= 15 is 0 Å². The van der Waals surface area contributed by atoms with E-state index in [2.05, 4.69) is 0 Å². The van der Waals surface area contributed by atoms with Crippen LogP contribution < -0.4 is 9.47 Å². The minimum atomic E-state index is -0.277. The molecule has 0 bridgehead atoms. The molecule has 6 nitrogen and oxygen atoms in total. The Morgan fingerprint density at radius 1 is 1.00 bits per heavy atom. The van der Waals surface area contributed by atoms with Crippen LogP contribution in [0.2, 0.25) is 0 Å². The highest BCUT2D eigenvalue weighted by Gasteiger charge is 2.32. The first-order valence-corrected chi connectivity index (χ1v) is 9.57. The number of nitrogens with zero attached hydrogens (tertiary/aromatic N) is 1. The van der Waals surface area contributed by atoms with Crippen molar-refractivity contribution in [2.45, 2.75) is 12.8 Å². The summed E-state index contributed by atoms with van der Waals surface area (Å²) in [4.78, 5) is 39.1. The molecule has 0 saturated carbocycles. The van der Waals surface area contributed by atoms with E-state index < -0.39 is 0 Å². The summed E-state index contributed by atoms with van der Waals surface area (Å²) in [6.45, 7) is 1.50. The lowest BCUT2D eigenvalue weighted by Gasteiger charge is -2.16. The van der Waals surface area contributed by atoms with Crippen molar-refractivity contribution in [3.8, 4) is 11.5 Å². The molecule has 2 aliphatic rings. The molecule has 2 aromatic carbocycles. The molecule has 4 rings (SSSR count). The van der Waals surface area contributed by atoms with E-state index in [1.165, 1.54) is 7.11 Å². The number of carbonyl (C=O) groups excluding carboxylic acids is 3. The highest BCUT2D eigenvalue weighted by Crippen LogP contribution is 2.32. The van der Waals surface area contributed by atoms with Crippen LogP contribution in [0, 0.1) is 0 Å². The van der Waals surface area contributed by atoms with Crippen LogP contribution in [-0.4, -0.2) is 49.2 Å². The monoisotopic (exact) mass is 391 g/mol. The molecule has 1 heterocycles. The summed E-state index contributed by atoms with van der Waals surface area (Å²) < 4.78 is 11.0. The van der Waals surface area contributed by atoms with Gasteiger partial charge in [0.05, 0.1) is 12.7 Å². The number of benzene rings is 2. The predicted molar refractivity (Wildman–Crippen MR) is 107 cm³/mol. The number of Topliss-reactive ketones (excluding diaryl/α,β-unsaturated/α-hetero) is 2. The van der Waals surface area contributed by atoms with E-state index in [4.69, 9.17) is 9.47 Å². The Bertz CT molecular complexity index is 981. The number of ether oxygens (including phenoxy) is 2. The Balaban J connectivity index is 1.53. The van der Waals surface area contributed by atoms with E-state index in [0.29, 0.717) is 28.2 Å². The first-order chi connectivity index (χ1) is 14.1.